The fourth-order valence-electron chi connectivity index (χ4n) is 1.43. The number of rotatable bonds is 5. The van der Waals surface area contributed by atoms with E-state index in [2.05, 4.69) is 4.74 Å². The van der Waals surface area contributed by atoms with E-state index in [4.69, 9.17) is 4.74 Å². The van der Waals surface area contributed by atoms with Gasteiger partial charge in [-0.2, -0.15) is 0 Å². The molecule has 0 aromatic heterocycles. The average molecular weight is 266 g/mol. The minimum Gasteiger partial charge on any atom is -0.469 e. The zero-order chi connectivity index (χ0) is 14.3. The van der Waals surface area contributed by atoms with Crippen molar-refractivity contribution in [2.24, 2.45) is 0 Å². The third-order valence-corrected chi connectivity index (χ3v) is 2.32. The molecule has 0 saturated carbocycles. The highest BCUT2D eigenvalue weighted by Gasteiger charge is 2.11. The molecule has 102 valence electrons. The van der Waals surface area contributed by atoms with Crippen LogP contribution in [-0.4, -0.2) is 25.7 Å². The molecule has 0 saturated heterocycles. The Morgan fingerprint density at radius 3 is 2.74 bits per heavy atom. The fourth-order valence-corrected chi connectivity index (χ4v) is 1.43. The van der Waals surface area contributed by atoms with Crippen LogP contribution < -0.4 is 0 Å². The van der Waals surface area contributed by atoms with Gasteiger partial charge in [0.15, 0.2) is 0 Å². The monoisotopic (exact) mass is 266 g/mol. The second kappa shape index (κ2) is 7.31. The van der Waals surface area contributed by atoms with Crippen LogP contribution in [0.1, 0.15) is 29.3 Å². The molecule has 0 aliphatic rings. The Morgan fingerprint density at radius 1 is 1.37 bits per heavy atom. The highest BCUT2D eigenvalue weighted by Crippen LogP contribution is 2.15. The maximum Gasteiger partial charge on any atom is 0.338 e. The van der Waals surface area contributed by atoms with Crippen molar-refractivity contribution in [2.45, 2.75) is 13.3 Å². The standard InChI is InChI=1S/C14H15FO4/c1-3-19-14(17)12-8-7-11(15)9-10(12)5-4-6-13(16)18-2/h4-5,7-9H,3,6H2,1-2H3. The zero-order valence-corrected chi connectivity index (χ0v) is 10.8. The van der Waals surface area contributed by atoms with Gasteiger partial charge in [-0.05, 0) is 30.7 Å². The zero-order valence-electron chi connectivity index (χ0n) is 10.8. The Morgan fingerprint density at radius 2 is 2.11 bits per heavy atom. The molecule has 5 heteroatoms. The van der Waals surface area contributed by atoms with Gasteiger partial charge in [0.05, 0.1) is 25.7 Å². The smallest absolute Gasteiger partial charge is 0.338 e. The third-order valence-electron chi connectivity index (χ3n) is 2.32. The Hall–Kier alpha value is -2.17. The van der Waals surface area contributed by atoms with E-state index in [1.807, 2.05) is 0 Å². The van der Waals surface area contributed by atoms with Crippen LogP contribution in [0.25, 0.3) is 6.08 Å². The number of hydrogen-bond donors (Lipinski definition) is 0. The molecular formula is C14H15FO4. The maximum atomic E-state index is 13.2. The van der Waals surface area contributed by atoms with Gasteiger partial charge < -0.3 is 9.47 Å². The number of benzene rings is 1. The first-order chi connectivity index (χ1) is 9.08. The molecule has 0 heterocycles. The topological polar surface area (TPSA) is 52.6 Å². The van der Waals surface area contributed by atoms with E-state index in [0.29, 0.717) is 5.56 Å². The lowest BCUT2D eigenvalue weighted by atomic mass is 10.1. The van der Waals surface area contributed by atoms with Gasteiger partial charge in [-0.1, -0.05) is 12.2 Å². The van der Waals surface area contributed by atoms with Gasteiger partial charge in [-0.15, -0.1) is 0 Å². The molecule has 0 N–H and O–H groups in total. The molecule has 0 bridgehead atoms. The molecule has 4 nitrogen and oxygen atoms in total. The summed E-state index contributed by atoms with van der Waals surface area (Å²) in [5.74, 6) is -1.41. The van der Waals surface area contributed by atoms with Crippen molar-refractivity contribution in [1.29, 1.82) is 0 Å². The maximum absolute atomic E-state index is 13.2. The van der Waals surface area contributed by atoms with Crippen molar-refractivity contribution < 1.29 is 23.5 Å². The molecule has 0 unspecified atom stereocenters. The van der Waals surface area contributed by atoms with E-state index in [9.17, 15) is 14.0 Å². The Labute approximate surface area is 110 Å². The normalized spacial score (nSPS) is 10.5. The largest absolute Gasteiger partial charge is 0.469 e. The molecule has 0 atom stereocenters. The van der Waals surface area contributed by atoms with Gasteiger partial charge in [0, 0.05) is 0 Å². The molecule has 0 amide bonds. The Bertz CT molecular complexity index is 494. The molecule has 1 aromatic rings. The predicted molar refractivity (Wildman–Crippen MR) is 68.0 cm³/mol. The molecule has 1 aromatic carbocycles. The quantitative estimate of drug-likeness (QED) is 0.769. The van der Waals surface area contributed by atoms with Gasteiger partial charge in [0.2, 0.25) is 0 Å². The van der Waals surface area contributed by atoms with Crippen LogP contribution in [0.3, 0.4) is 0 Å². The number of ether oxygens (including phenoxy) is 2. The van der Waals surface area contributed by atoms with Crippen LogP contribution in [0.15, 0.2) is 24.3 Å². The summed E-state index contributed by atoms with van der Waals surface area (Å²) in [6.45, 7) is 1.93. The summed E-state index contributed by atoms with van der Waals surface area (Å²) >= 11 is 0. The fraction of sp³-hybridized carbons (Fsp3) is 0.286. The first-order valence-corrected chi connectivity index (χ1v) is 5.78. The second-order valence-corrected chi connectivity index (χ2v) is 3.63. The molecular weight excluding hydrogens is 251 g/mol. The van der Waals surface area contributed by atoms with Gasteiger partial charge >= 0.3 is 11.9 Å². The van der Waals surface area contributed by atoms with Crippen molar-refractivity contribution in [3.63, 3.8) is 0 Å². The predicted octanol–water partition coefficient (Wildman–Crippen LogP) is 2.58. The highest BCUT2D eigenvalue weighted by atomic mass is 19.1. The first kappa shape index (κ1) is 14.9. The summed E-state index contributed by atoms with van der Waals surface area (Å²) in [6, 6.07) is 3.75. The van der Waals surface area contributed by atoms with Crippen molar-refractivity contribution in [3.8, 4) is 0 Å². The van der Waals surface area contributed by atoms with E-state index >= 15 is 0 Å². The summed E-state index contributed by atoms with van der Waals surface area (Å²) in [5.41, 5.74) is 0.617. The average Bonchev–Trinajstić information content (AvgIpc) is 2.38. The van der Waals surface area contributed by atoms with Crippen LogP contribution >= 0.6 is 0 Å². The summed E-state index contributed by atoms with van der Waals surface area (Å²) in [4.78, 5) is 22.6. The summed E-state index contributed by atoms with van der Waals surface area (Å²) < 4.78 is 22.5. The molecule has 0 spiro atoms. The minimum absolute atomic E-state index is 0.0509. The number of halogens is 1. The van der Waals surface area contributed by atoms with Crippen LogP contribution in [0, 0.1) is 5.82 Å². The summed E-state index contributed by atoms with van der Waals surface area (Å²) in [7, 11) is 1.28. The second-order valence-electron chi connectivity index (χ2n) is 3.63. The van der Waals surface area contributed by atoms with Gasteiger partial charge in [0.1, 0.15) is 5.82 Å². The van der Waals surface area contributed by atoms with E-state index in [1.54, 1.807) is 6.92 Å². The van der Waals surface area contributed by atoms with E-state index in [-0.39, 0.29) is 18.6 Å². The van der Waals surface area contributed by atoms with Crippen molar-refractivity contribution >= 4 is 18.0 Å². The van der Waals surface area contributed by atoms with E-state index in [1.165, 1.54) is 37.5 Å². The Kier molecular flexibility index (Phi) is 5.73. The summed E-state index contributed by atoms with van der Waals surface area (Å²) in [5, 5.41) is 0. The van der Waals surface area contributed by atoms with Gasteiger partial charge in [-0.25, -0.2) is 9.18 Å². The first-order valence-electron chi connectivity index (χ1n) is 5.78. The van der Waals surface area contributed by atoms with E-state index < -0.39 is 17.8 Å². The number of hydrogen-bond acceptors (Lipinski definition) is 4. The third kappa shape index (κ3) is 4.54. The SMILES string of the molecule is CCOC(=O)c1ccc(F)cc1C=CCC(=O)OC. The summed E-state index contributed by atoms with van der Waals surface area (Å²) in [6.07, 6.45) is 3.05. The molecule has 0 radical (unpaired) electrons. The lowest BCUT2D eigenvalue weighted by Gasteiger charge is -2.05. The van der Waals surface area contributed by atoms with Crippen molar-refractivity contribution in [2.75, 3.05) is 13.7 Å². The Balaban J connectivity index is 2.94. The molecule has 0 aliphatic heterocycles. The number of carbonyl (C=O) groups excluding carboxylic acids is 2. The van der Waals surface area contributed by atoms with Crippen molar-refractivity contribution in [1.82, 2.24) is 0 Å². The number of methoxy groups -OCH3 is 1. The lowest BCUT2D eigenvalue weighted by molar-refractivity contribution is -0.139. The number of carbonyl (C=O) groups is 2. The molecule has 19 heavy (non-hydrogen) atoms. The minimum atomic E-state index is -0.528. The van der Waals surface area contributed by atoms with Crippen molar-refractivity contribution in [3.05, 3.63) is 41.2 Å². The van der Waals surface area contributed by atoms with Crippen LogP contribution in [0.4, 0.5) is 4.39 Å². The number of esters is 2. The van der Waals surface area contributed by atoms with Crippen LogP contribution in [0.5, 0.6) is 0 Å². The molecule has 0 aliphatic carbocycles. The molecule has 1 rings (SSSR count). The van der Waals surface area contributed by atoms with Gasteiger partial charge in [-0.3, -0.25) is 4.79 Å². The van der Waals surface area contributed by atoms with Crippen LogP contribution in [0.2, 0.25) is 0 Å². The van der Waals surface area contributed by atoms with Gasteiger partial charge in [0.25, 0.3) is 0 Å². The van der Waals surface area contributed by atoms with E-state index in [0.717, 1.165) is 0 Å². The lowest BCUT2D eigenvalue weighted by Crippen LogP contribution is -2.07. The highest BCUT2D eigenvalue weighted by molar-refractivity contribution is 5.93. The van der Waals surface area contributed by atoms with Crippen LogP contribution in [-0.2, 0) is 14.3 Å². The molecule has 0 fully saturated rings.